The number of piperidine rings is 1. The van der Waals surface area contributed by atoms with E-state index in [9.17, 15) is 4.79 Å². The third-order valence-electron chi connectivity index (χ3n) is 6.12. The van der Waals surface area contributed by atoms with Gasteiger partial charge in [-0.1, -0.05) is 45.4 Å². The van der Waals surface area contributed by atoms with Crippen LogP contribution in [0.15, 0.2) is 40.1 Å². The number of aromatic nitrogens is 3. The highest BCUT2D eigenvalue weighted by atomic mass is 79.9. The lowest BCUT2D eigenvalue weighted by Gasteiger charge is -2.25. The van der Waals surface area contributed by atoms with Crippen molar-refractivity contribution in [3.05, 3.63) is 40.0 Å². The first-order valence-corrected chi connectivity index (χ1v) is 13.4. The number of nitrogens with one attached hydrogen (secondary N) is 1. The van der Waals surface area contributed by atoms with Gasteiger partial charge in [-0.05, 0) is 45.2 Å². The van der Waals surface area contributed by atoms with Crippen molar-refractivity contribution in [3.8, 4) is 11.1 Å². The van der Waals surface area contributed by atoms with Crippen molar-refractivity contribution in [2.24, 2.45) is 11.8 Å². The Morgan fingerprint density at radius 3 is 2.65 bits per heavy atom. The summed E-state index contributed by atoms with van der Waals surface area (Å²) >= 11 is 11.8. The van der Waals surface area contributed by atoms with Gasteiger partial charge >= 0.3 is 6.09 Å². The number of fused-ring (bicyclic) bond motifs is 2. The Hall–Kier alpha value is -2.10. The van der Waals surface area contributed by atoms with E-state index in [4.69, 9.17) is 21.3 Å². The molecule has 2 atom stereocenters. The second kappa shape index (κ2) is 8.84. The number of halogens is 2. The zero-order valence-electron chi connectivity index (χ0n) is 19.3. The minimum Gasteiger partial charge on any atom is -0.444 e. The van der Waals surface area contributed by atoms with Gasteiger partial charge in [0.1, 0.15) is 11.4 Å². The number of carbonyl (C=O) groups is 1. The molecule has 1 saturated carbocycles. The molecule has 0 radical (unpaired) electrons. The molecule has 0 bridgehead atoms. The van der Waals surface area contributed by atoms with E-state index in [0.717, 1.165) is 39.9 Å². The minimum atomic E-state index is -0.510. The SMILES string of the molecule is CSc1ncc2cc(-c3c(Cl)cccc3Br)c(N3CC4C(C3)C4NC(=O)OC(C)(C)C)nc2n1. The fraction of sp³-hybridized carbons (Fsp3) is 0.417. The molecule has 2 unspecified atom stereocenters. The Bertz CT molecular complexity index is 1250. The van der Waals surface area contributed by atoms with E-state index in [1.807, 2.05) is 45.2 Å². The van der Waals surface area contributed by atoms with Gasteiger partial charge in [0, 0.05) is 63.2 Å². The van der Waals surface area contributed by atoms with Crippen LogP contribution < -0.4 is 10.2 Å². The molecule has 34 heavy (non-hydrogen) atoms. The lowest BCUT2D eigenvalue weighted by molar-refractivity contribution is 0.0518. The van der Waals surface area contributed by atoms with Gasteiger partial charge in [0.05, 0.1) is 0 Å². The molecular formula is C24H25BrClN5O2S. The number of benzene rings is 1. The van der Waals surface area contributed by atoms with Crippen molar-refractivity contribution in [2.75, 3.05) is 24.2 Å². The van der Waals surface area contributed by atoms with E-state index in [1.54, 1.807) is 6.20 Å². The van der Waals surface area contributed by atoms with Crippen LogP contribution in [0.4, 0.5) is 10.6 Å². The smallest absolute Gasteiger partial charge is 0.407 e. The van der Waals surface area contributed by atoms with Crippen molar-refractivity contribution in [2.45, 2.75) is 37.6 Å². The summed E-state index contributed by atoms with van der Waals surface area (Å²) in [5.74, 6) is 1.56. The Morgan fingerprint density at radius 2 is 2.00 bits per heavy atom. The molecule has 1 aliphatic heterocycles. The second-order valence-corrected chi connectivity index (χ2v) is 11.7. The number of thioether (sulfide) groups is 1. The molecule has 0 spiro atoms. The number of nitrogens with zero attached hydrogens (tertiary/aromatic N) is 4. The van der Waals surface area contributed by atoms with Gasteiger partial charge in [-0.2, -0.15) is 0 Å². The van der Waals surface area contributed by atoms with Gasteiger partial charge < -0.3 is 15.0 Å². The molecule has 2 aromatic heterocycles. The third-order valence-corrected chi connectivity index (χ3v) is 7.66. The standard InChI is InChI=1S/C24H25BrClN5O2S/c1-24(2,3)33-23(32)28-19-14-10-31(11-15(14)19)21-13(18-16(25)6-5-7-17(18)26)8-12-9-27-22(34-4)30-20(12)29-21/h5-9,14-15,19H,10-11H2,1-4H3,(H,28,32). The second-order valence-electron chi connectivity index (χ2n) is 9.63. The molecule has 3 aromatic rings. The maximum atomic E-state index is 12.2. The van der Waals surface area contributed by atoms with Crippen molar-refractivity contribution >= 4 is 62.2 Å². The van der Waals surface area contributed by atoms with Crippen molar-refractivity contribution < 1.29 is 9.53 Å². The number of alkyl carbamates (subject to hydrolysis) is 1. The number of ether oxygens (including phenoxy) is 1. The van der Waals surface area contributed by atoms with Crippen molar-refractivity contribution in [1.29, 1.82) is 0 Å². The predicted molar refractivity (Wildman–Crippen MR) is 140 cm³/mol. The molecule has 1 aromatic carbocycles. The van der Waals surface area contributed by atoms with E-state index in [1.165, 1.54) is 11.8 Å². The highest BCUT2D eigenvalue weighted by Crippen LogP contribution is 2.49. The molecule has 3 heterocycles. The molecule has 5 rings (SSSR count). The molecule has 1 aliphatic carbocycles. The molecule has 1 saturated heterocycles. The zero-order chi connectivity index (χ0) is 24.2. The van der Waals surface area contributed by atoms with Crippen LogP contribution in [0.2, 0.25) is 5.02 Å². The molecule has 10 heteroatoms. The first-order valence-electron chi connectivity index (χ1n) is 11.1. The first-order chi connectivity index (χ1) is 16.1. The Kier molecular flexibility index (Phi) is 6.14. The van der Waals surface area contributed by atoms with Crippen LogP contribution in [-0.4, -0.2) is 52.0 Å². The van der Waals surface area contributed by atoms with Crippen molar-refractivity contribution in [1.82, 2.24) is 20.3 Å². The van der Waals surface area contributed by atoms with E-state index in [2.05, 4.69) is 42.2 Å². The number of amides is 1. The lowest BCUT2D eigenvalue weighted by Crippen LogP contribution is -2.38. The molecule has 7 nitrogen and oxygen atoms in total. The summed E-state index contributed by atoms with van der Waals surface area (Å²) in [4.78, 5) is 28.5. The molecule has 2 aliphatic rings. The summed E-state index contributed by atoms with van der Waals surface area (Å²) in [6, 6.07) is 7.97. The monoisotopic (exact) mass is 561 g/mol. The Balaban J connectivity index is 1.46. The maximum Gasteiger partial charge on any atom is 0.407 e. The van der Waals surface area contributed by atoms with Gasteiger partial charge in [0.25, 0.3) is 0 Å². The van der Waals surface area contributed by atoms with Crippen LogP contribution in [0.3, 0.4) is 0 Å². The summed E-state index contributed by atoms with van der Waals surface area (Å²) in [6.45, 7) is 7.19. The van der Waals surface area contributed by atoms with E-state index in [0.29, 0.717) is 27.7 Å². The number of hydrogen-bond donors (Lipinski definition) is 1. The summed E-state index contributed by atoms with van der Waals surface area (Å²) in [5, 5.41) is 5.22. The van der Waals surface area contributed by atoms with Crippen LogP contribution in [0.25, 0.3) is 22.2 Å². The lowest BCUT2D eigenvalue weighted by atomic mass is 10.0. The van der Waals surface area contributed by atoms with E-state index >= 15 is 0 Å². The molecular weight excluding hydrogens is 538 g/mol. The van der Waals surface area contributed by atoms with E-state index < -0.39 is 5.60 Å². The predicted octanol–water partition coefficient (Wildman–Crippen LogP) is 5.79. The number of anilines is 1. The summed E-state index contributed by atoms with van der Waals surface area (Å²) in [7, 11) is 0. The fourth-order valence-corrected chi connectivity index (χ4v) is 5.88. The first kappa shape index (κ1) is 23.6. The molecule has 1 N–H and O–H groups in total. The summed E-state index contributed by atoms with van der Waals surface area (Å²) in [5.41, 5.74) is 1.98. The van der Waals surface area contributed by atoms with Crippen LogP contribution in [0, 0.1) is 11.8 Å². The van der Waals surface area contributed by atoms with Gasteiger partial charge in [0.2, 0.25) is 0 Å². The van der Waals surface area contributed by atoms with Crippen LogP contribution >= 0.6 is 39.3 Å². The van der Waals surface area contributed by atoms with Gasteiger partial charge in [-0.15, -0.1) is 0 Å². The van der Waals surface area contributed by atoms with Gasteiger partial charge in [-0.25, -0.2) is 19.7 Å². The number of carbonyl (C=O) groups excluding carboxylic acids is 1. The number of hydrogen-bond acceptors (Lipinski definition) is 7. The topological polar surface area (TPSA) is 80.2 Å². The Labute approximate surface area is 216 Å². The maximum absolute atomic E-state index is 12.2. The van der Waals surface area contributed by atoms with Gasteiger partial charge in [-0.3, -0.25) is 0 Å². The minimum absolute atomic E-state index is 0.132. The van der Waals surface area contributed by atoms with E-state index in [-0.39, 0.29) is 12.1 Å². The largest absolute Gasteiger partial charge is 0.444 e. The summed E-state index contributed by atoms with van der Waals surface area (Å²) < 4.78 is 6.33. The van der Waals surface area contributed by atoms with Crippen molar-refractivity contribution in [3.63, 3.8) is 0 Å². The normalized spacial score (nSPS) is 21.5. The molecule has 178 valence electrons. The Morgan fingerprint density at radius 1 is 1.26 bits per heavy atom. The highest BCUT2D eigenvalue weighted by molar-refractivity contribution is 9.10. The third kappa shape index (κ3) is 4.57. The quantitative estimate of drug-likeness (QED) is 0.318. The highest BCUT2D eigenvalue weighted by Gasteiger charge is 2.57. The number of pyridine rings is 1. The van der Waals surface area contributed by atoms with Crippen LogP contribution in [-0.2, 0) is 4.74 Å². The number of rotatable bonds is 4. The molecule has 2 fully saturated rings. The summed E-state index contributed by atoms with van der Waals surface area (Å²) in [6.07, 6.45) is 3.40. The molecule has 1 amide bonds. The fourth-order valence-electron chi connectivity index (χ4n) is 4.57. The van der Waals surface area contributed by atoms with Crippen LogP contribution in [0.1, 0.15) is 20.8 Å². The average Bonchev–Trinajstić information content (AvgIpc) is 3.19. The van der Waals surface area contributed by atoms with Gasteiger partial charge in [0.15, 0.2) is 10.8 Å². The zero-order valence-corrected chi connectivity index (χ0v) is 22.5. The average molecular weight is 563 g/mol. The van der Waals surface area contributed by atoms with Crippen LogP contribution in [0.5, 0.6) is 0 Å².